The second-order valence-corrected chi connectivity index (χ2v) is 9.09. The Morgan fingerprint density at radius 1 is 0.706 bits per heavy atom. The molecule has 5 nitrogen and oxygen atoms in total. The van der Waals surface area contributed by atoms with Crippen LogP contribution >= 0.6 is 0 Å². The van der Waals surface area contributed by atoms with E-state index in [2.05, 4.69) is 12.1 Å². The lowest BCUT2D eigenvalue weighted by Gasteiger charge is -2.51. The Hall–Kier alpha value is -3.60. The molecule has 0 N–H and O–H groups in total. The highest BCUT2D eigenvalue weighted by Gasteiger charge is 2.53. The predicted molar refractivity (Wildman–Crippen MR) is 128 cm³/mol. The van der Waals surface area contributed by atoms with Gasteiger partial charge in [0.15, 0.2) is 0 Å². The van der Waals surface area contributed by atoms with Crippen molar-refractivity contribution in [1.29, 1.82) is 0 Å². The highest BCUT2D eigenvalue weighted by molar-refractivity contribution is 5.90. The number of hydrogen-bond acceptors (Lipinski definition) is 5. The third-order valence-electron chi connectivity index (χ3n) is 7.20. The van der Waals surface area contributed by atoms with E-state index in [9.17, 15) is 9.59 Å². The molecule has 0 radical (unpaired) electrons. The molecule has 0 aliphatic heterocycles. The van der Waals surface area contributed by atoms with Gasteiger partial charge in [0, 0.05) is 11.8 Å². The van der Waals surface area contributed by atoms with Gasteiger partial charge in [0.25, 0.3) is 0 Å². The number of carbonyl (C=O) groups is 2. The molecule has 0 heterocycles. The number of rotatable bonds is 6. The second kappa shape index (κ2) is 9.72. The summed E-state index contributed by atoms with van der Waals surface area (Å²) in [6.07, 6.45) is 1.80. The first kappa shape index (κ1) is 22.2. The van der Waals surface area contributed by atoms with Gasteiger partial charge in [-0.1, -0.05) is 48.5 Å². The zero-order chi connectivity index (χ0) is 23.5. The average molecular weight is 457 g/mol. The van der Waals surface area contributed by atoms with Crippen LogP contribution in [0.3, 0.4) is 0 Å². The minimum atomic E-state index is -0.500. The maximum absolute atomic E-state index is 13.0. The maximum atomic E-state index is 13.0. The highest BCUT2D eigenvalue weighted by atomic mass is 16.6. The zero-order valence-corrected chi connectivity index (χ0v) is 19.1. The minimum absolute atomic E-state index is 0.0691. The Morgan fingerprint density at radius 2 is 1.26 bits per heavy atom. The Bertz CT molecular complexity index is 1130. The molecule has 3 fully saturated rings. The van der Waals surface area contributed by atoms with Crippen LogP contribution < -0.4 is 4.74 Å². The Labute approximate surface area is 199 Å². The van der Waals surface area contributed by atoms with Gasteiger partial charge in [0.05, 0.1) is 18.2 Å². The molecular formula is C29H28O5. The van der Waals surface area contributed by atoms with E-state index < -0.39 is 12.2 Å². The molecule has 3 aliphatic carbocycles. The summed E-state index contributed by atoms with van der Waals surface area (Å²) in [5.74, 6) is 0.474. The predicted octanol–water partition coefficient (Wildman–Crippen LogP) is 5.66. The van der Waals surface area contributed by atoms with Crippen molar-refractivity contribution in [2.24, 2.45) is 11.8 Å². The van der Waals surface area contributed by atoms with Crippen molar-refractivity contribution in [3.05, 3.63) is 102 Å². The lowest BCUT2D eigenvalue weighted by Crippen LogP contribution is -2.54. The SMILES string of the molecule is COc1ccc(C2CC3CCC2C(OC(=O)c2ccccc2)C3OC(=O)c2ccccc2)cc1. The molecule has 0 spiro atoms. The fourth-order valence-corrected chi connectivity index (χ4v) is 5.51. The second-order valence-electron chi connectivity index (χ2n) is 9.09. The van der Waals surface area contributed by atoms with Crippen LogP contribution in [-0.2, 0) is 9.47 Å². The summed E-state index contributed by atoms with van der Waals surface area (Å²) in [5, 5.41) is 0. The van der Waals surface area contributed by atoms with Crippen LogP contribution in [0.5, 0.6) is 5.75 Å². The van der Waals surface area contributed by atoms with E-state index in [-0.39, 0.29) is 29.7 Å². The van der Waals surface area contributed by atoms with Crippen molar-refractivity contribution in [3.8, 4) is 5.75 Å². The fraction of sp³-hybridized carbons (Fsp3) is 0.310. The van der Waals surface area contributed by atoms with E-state index >= 15 is 0 Å². The van der Waals surface area contributed by atoms with Gasteiger partial charge in [-0.05, 0) is 67.1 Å². The Balaban J connectivity index is 1.43. The summed E-state index contributed by atoms with van der Waals surface area (Å²) in [7, 11) is 1.66. The largest absolute Gasteiger partial charge is 0.497 e. The lowest BCUT2D eigenvalue weighted by molar-refractivity contribution is -0.129. The number of benzene rings is 3. The molecule has 0 saturated heterocycles. The van der Waals surface area contributed by atoms with Gasteiger partial charge in [-0.25, -0.2) is 9.59 Å². The summed E-state index contributed by atoms with van der Waals surface area (Å²) < 4.78 is 17.5. The first-order chi connectivity index (χ1) is 16.6. The molecule has 174 valence electrons. The molecule has 3 aromatic carbocycles. The van der Waals surface area contributed by atoms with Crippen LogP contribution in [0.25, 0.3) is 0 Å². The molecule has 5 atom stereocenters. The quantitative estimate of drug-likeness (QED) is 0.448. The highest BCUT2D eigenvalue weighted by Crippen LogP contribution is 2.52. The third kappa shape index (κ3) is 4.43. The summed E-state index contributed by atoms with van der Waals surface area (Å²) in [5.41, 5.74) is 2.20. The van der Waals surface area contributed by atoms with Crippen LogP contribution in [0.2, 0.25) is 0 Å². The lowest BCUT2D eigenvalue weighted by atomic mass is 9.60. The van der Waals surface area contributed by atoms with Gasteiger partial charge >= 0.3 is 11.9 Å². The van der Waals surface area contributed by atoms with Crippen LogP contribution in [0.1, 0.15) is 51.5 Å². The summed E-state index contributed by atoms with van der Waals surface area (Å²) >= 11 is 0. The number of hydrogen-bond donors (Lipinski definition) is 0. The van der Waals surface area contributed by atoms with Crippen LogP contribution in [0, 0.1) is 11.8 Å². The smallest absolute Gasteiger partial charge is 0.338 e. The molecule has 34 heavy (non-hydrogen) atoms. The topological polar surface area (TPSA) is 61.8 Å². The molecule has 2 bridgehead atoms. The van der Waals surface area contributed by atoms with Crippen molar-refractivity contribution in [3.63, 3.8) is 0 Å². The number of esters is 2. The first-order valence-corrected chi connectivity index (χ1v) is 11.8. The molecule has 5 heteroatoms. The van der Waals surface area contributed by atoms with Crippen LogP contribution in [0.4, 0.5) is 0 Å². The molecular weight excluding hydrogens is 428 g/mol. The standard InChI is InChI=1S/C29H28O5/c1-32-23-15-12-19(13-16-23)25-18-22-14-17-24(25)27(34-29(31)21-10-6-3-7-11-21)26(22)33-28(30)20-8-4-2-5-9-20/h2-13,15-16,22,24-27H,14,17-18H2,1H3. The molecule has 6 rings (SSSR count). The number of ether oxygens (including phenoxy) is 3. The van der Waals surface area contributed by atoms with E-state index in [0.717, 1.165) is 25.0 Å². The minimum Gasteiger partial charge on any atom is -0.497 e. The molecule has 3 aromatic rings. The van der Waals surface area contributed by atoms with Gasteiger partial charge in [0.1, 0.15) is 18.0 Å². The molecule has 3 aliphatic rings. The summed E-state index contributed by atoms with van der Waals surface area (Å²) in [4.78, 5) is 26.0. The zero-order valence-electron chi connectivity index (χ0n) is 19.1. The molecule has 5 unspecified atom stereocenters. The van der Waals surface area contributed by atoms with Crippen LogP contribution in [0.15, 0.2) is 84.9 Å². The number of methoxy groups -OCH3 is 1. The number of fused-ring (bicyclic) bond motifs is 3. The summed E-state index contributed by atoms with van der Waals surface area (Å²) in [6, 6.07) is 26.1. The van der Waals surface area contributed by atoms with Gasteiger partial charge in [-0.3, -0.25) is 0 Å². The Morgan fingerprint density at radius 3 is 1.82 bits per heavy atom. The van der Waals surface area contributed by atoms with Gasteiger partial charge in [0.2, 0.25) is 0 Å². The third-order valence-corrected chi connectivity index (χ3v) is 7.20. The van der Waals surface area contributed by atoms with Crippen molar-refractivity contribution < 1.29 is 23.8 Å². The molecule has 0 aromatic heterocycles. The van der Waals surface area contributed by atoms with E-state index in [1.54, 1.807) is 31.4 Å². The van der Waals surface area contributed by atoms with Crippen molar-refractivity contribution in [1.82, 2.24) is 0 Å². The Kier molecular flexibility index (Phi) is 6.35. The van der Waals surface area contributed by atoms with E-state index in [1.165, 1.54) is 5.56 Å². The van der Waals surface area contributed by atoms with Crippen molar-refractivity contribution in [2.45, 2.75) is 37.4 Å². The van der Waals surface area contributed by atoms with Crippen molar-refractivity contribution >= 4 is 11.9 Å². The number of carbonyl (C=O) groups excluding carboxylic acids is 2. The van der Waals surface area contributed by atoms with Gasteiger partial charge < -0.3 is 14.2 Å². The maximum Gasteiger partial charge on any atom is 0.338 e. The first-order valence-electron chi connectivity index (χ1n) is 11.8. The summed E-state index contributed by atoms with van der Waals surface area (Å²) in [6.45, 7) is 0. The van der Waals surface area contributed by atoms with Gasteiger partial charge in [-0.2, -0.15) is 0 Å². The van der Waals surface area contributed by atoms with Crippen molar-refractivity contribution in [2.75, 3.05) is 7.11 Å². The average Bonchev–Trinajstić information content (AvgIpc) is 2.91. The monoisotopic (exact) mass is 456 g/mol. The normalized spacial score (nSPS) is 25.4. The van der Waals surface area contributed by atoms with E-state index in [1.807, 2.05) is 48.5 Å². The van der Waals surface area contributed by atoms with Crippen LogP contribution in [-0.4, -0.2) is 31.3 Å². The molecule has 3 saturated carbocycles. The fourth-order valence-electron chi connectivity index (χ4n) is 5.51. The van der Waals surface area contributed by atoms with E-state index in [4.69, 9.17) is 14.2 Å². The van der Waals surface area contributed by atoms with E-state index in [0.29, 0.717) is 11.1 Å². The molecule has 0 amide bonds. The van der Waals surface area contributed by atoms with Gasteiger partial charge in [-0.15, -0.1) is 0 Å².